The minimum Gasteiger partial charge on any atom is -0.454 e. The van der Waals surface area contributed by atoms with E-state index >= 15 is 0 Å². The van der Waals surface area contributed by atoms with E-state index in [0.29, 0.717) is 15.7 Å². The van der Waals surface area contributed by atoms with Gasteiger partial charge in [0.2, 0.25) is 0 Å². The van der Waals surface area contributed by atoms with E-state index in [1.54, 1.807) is 0 Å². The Morgan fingerprint density at radius 2 is 1.74 bits per heavy atom. The fourth-order valence-electron chi connectivity index (χ4n) is 2.31. The van der Waals surface area contributed by atoms with E-state index < -0.39 is 61.8 Å². The first kappa shape index (κ1) is 28.0. The van der Waals surface area contributed by atoms with Crippen molar-refractivity contribution in [1.29, 1.82) is 0 Å². The van der Waals surface area contributed by atoms with Gasteiger partial charge in [0.05, 0.1) is 4.92 Å². The summed E-state index contributed by atoms with van der Waals surface area (Å²) in [5.74, 6) is -4.10. The zero-order valence-electron chi connectivity index (χ0n) is 17.4. The number of halogens is 3. The van der Waals surface area contributed by atoms with Gasteiger partial charge in [0.25, 0.3) is 5.69 Å². The summed E-state index contributed by atoms with van der Waals surface area (Å²) < 4.78 is 71.3. The number of hydrogen-bond acceptors (Lipinski definition) is 10. The van der Waals surface area contributed by atoms with Gasteiger partial charge in [0, 0.05) is 22.1 Å². The summed E-state index contributed by atoms with van der Waals surface area (Å²) in [7, 11) is -5.93. The number of ether oxygens (including phenoxy) is 3. The highest BCUT2D eigenvalue weighted by molar-refractivity contribution is 14.1. The lowest BCUT2D eigenvalue weighted by Gasteiger charge is -2.13. The predicted octanol–water partition coefficient (Wildman–Crippen LogP) is 3.37. The average molecular weight is 629 g/mol. The molecule has 0 unspecified atom stereocenters. The molecule has 0 fully saturated rings. The van der Waals surface area contributed by atoms with Crippen molar-refractivity contribution in [2.45, 2.75) is 18.6 Å². The van der Waals surface area contributed by atoms with Gasteiger partial charge in [-0.1, -0.05) is 6.92 Å². The Morgan fingerprint density at radius 3 is 2.31 bits per heavy atom. The standard InChI is InChI=1S/C19H14F2INO11S/c1-2-16(24)34-15-7-10(22)3-5-12(15)18(26)33-11-4-6-14(23(27)28)13(8-11)17(25)32-9-19(20,21)35(29,30)31/h3-8H,2,9H2,1H3,(H,29,30,31). The number of hydrogen-bond donors (Lipinski definition) is 1. The summed E-state index contributed by atoms with van der Waals surface area (Å²) in [6.07, 6.45) is 0.00438. The smallest absolute Gasteiger partial charge is 0.402 e. The van der Waals surface area contributed by atoms with Crippen LogP contribution in [0.4, 0.5) is 14.5 Å². The number of esters is 3. The van der Waals surface area contributed by atoms with Crippen molar-refractivity contribution < 1.29 is 55.3 Å². The lowest BCUT2D eigenvalue weighted by Crippen LogP contribution is -2.34. The molecule has 0 saturated carbocycles. The molecule has 1 N–H and O–H groups in total. The number of benzene rings is 2. The van der Waals surface area contributed by atoms with Gasteiger partial charge in [-0.15, -0.1) is 0 Å². The van der Waals surface area contributed by atoms with E-state index in [2.05, 4.69) is 4.74 Å². The summed E-state index contributed by atoms with van der Waals surface area (Å²) in [5, 5.41) is 6.33. The monoisotopic (exact) mass is 629 g/mol. The minimum absolute atomic E-state index is 0.00438. The van der Waals surface area contributed by atoms with E-state index in [9.17, 15) is 41.7 Å². The number of carbonyl (C=O) groups is 3. The first-order valence-electron chi connectivity index (χ1n) is 9.19. The number of nitrogens with zero attached hydrogens (tertiary/aromatic N) is 1. The predicted molar refractivity (Wildman–Crippen MR) is 120 cm³/mol. The molecule has 2 aromatic rings. The highest BCUT2D eigenvalue weighted by Crippen LogP contribution is 2.29. The Hall–Kier alpha value is -3.25. The van der Waals surface area contributed by atoms with Crippen LogP contribution < -0.4 is 9.47 Å². The van der Waals surface area contributed by atoms with Gasteiger partial charge in [-0.3, -0.25) is 19.5 Å². The molecule has 0 radical (unpaired) electrons. The summed E-state index contributed by atoms with van der Waals surface area (Å²) in [6.45, 7) is -0.613. The van der Waals surface area contributed by atoms with Gasteiger partial charge < -0.3 is 14.2 Å². The second-order valence-corrected chi connectivity index (χ2v) is 9.28. The molecule has 0 spiro atoms. The third-order valence-corrected chi connectivity index (χ3v) is 5.56. The topological polar surface area (TPSA) is 176 Å². The van der Waals surface area contributed by atoms with Gasteiger partial charge in [0.1, 0.15) is 22.6 Å². The molecule has 0 aliphatic carbocycles. The second-order valence-electron chi connectivity index (χ2n) is 6.48. The number of nitro benzene ring substituents is 1. The van der Waals surface area contributed by atoms with Crippen LogP contribution in [0.15, 0.2) is 36.4 Å². The number of rotatable bonds is 9. The first-order valence-corrected chi connectivity index (χ1v) is 11.7. The number of carbonyl (C=O) groups excluding carboxylic acids is 3. The molecule has 0 saturated heterocycles. The SMILES string of the molecule is CCC(=O)Oc1cc(I)ccc1C(=O)Oc1ccc([N+](=O)[O-])c(C(=O)OCC(F)(F)S(=O)(=O)O)c1. The average Bonchev–Trinajstić information content (AvgIpc) is 2.76. The zero-order chi connectivity index (χ0) is 26.6. The van der Waals surface area contributed by atoms with Gasteiger partial charge in [-0.05, 0) is 46.9 Å². The number of nitro groups is 1. The normalized spacial score (nSPS) is 11.5. The van der Waals surface area contributed by atoms with Crippen molar-refractivity contribution in [2.24, 2.45) is 0 Å². The first-order chi connectivity index (χ1) is 16.2. The van der Waals surface area contributed by atoms with E-state index in [1.165, 1.54) is 25.1 Å². The summed E-state index contributed by atoms with van der Waals surface area (Å²) in [4.78, 5) is 46.6. The van der Waals surface area contributed by atoms with Crippen molar-refractivity contribution in [3.05, 3.63) is 61.2 Å². The molecule has 2 aromatic carbocycles. The van der Waals surface area contributed by atoms with Crippen molar-refractivity contribution >= 4 is 56.3 Å². The van der Waals surface area contributed by atoms with Gasteiger partial charge in [-0.2, -0.15) is 17.2 Å². The third kappa shape index (κ3) is 7.12. The van der Waals surface area contributed by atoms with Gasteiger partial charge in [-0.25, -0.2) is 9.59 Å². The summed E-state index contributed by atoms with van der Waals surface area (Å²) in [5.41, 5.74) is -2.09. The zero-order valence-corrected chi connectivity index (χ0v) is 20.4. The Labute approximate surface area is 209 Å². The van der Waals surface area contributed by atoms with E-state index in [0.717, 1.165) is 6.07 Å². The Kier molecular flexibility index (Phi) is 8.79. The second kappa shape index (κ2) is 11.0. The highest BCUT2D eigenvalue weighted by Gasteiger charge is 2.46. The van der Waals surface area contributed by atoms with Crippen molar-refractivity contribution in [1.82, 2.24) is 0 Å². The molecule has 0 atom stereocenters. The molecule has 0 aliphatic rings. The molecule has 12 nitrogen and oxygen atoms in total. The van der Waals surface area contributed by atoms with Gasteiger partial charge >= 0.3 is 33.3 Å². The van der Waals surface area contributed by atoms with Crippen LogP contribution in [-0.2, 0) is 19.6 Å². The van der Waals surface area contributed by atoms with Crippen LogP contribution in [0.2, 0.25) is 0 Å². The van der Waals surface area contributed by atoms with Gasteiger partial charge in [0.15, 0.2) is 6.61 Å². The Bertz CT molecular complexity index is 1300. The fraction of sp³-hybridized carbons (Fsp3) is 0.211. The van der Waals surface area contributed by atoms with Crippen molar-refractivity contribution in [3.8, 4) is 11.5 Å². The Morgan fingerprint density at radius 1 is 1.09 bits per heavy atom. The lowest BCUT2D eigenvalue weighted by atomic mass is 10.1. The van der Waals surface area contributed by atoms with Crippen LogP contribution in [0, 0.1) is 13.7 Å². The Balaban J connectivity index is 2.35. The van der Waals surface area contributed by atoms with Crippen molar-refractivity contribution in [3.63, 3.8) is 0 Å². The quantitative estimate of drug-likeness (QED) is 0.107. The van der Waals surface area contributed by atoms with Crippen molar-refractivity contribution in [2.75, 3.05) is 6.61 Å². The molecular formula is C19H14F2INO11S. The lowest BCUT2D eigenvalue weighted by molar-refractivity contribution is -0.385. The fourth-order valence-corrected chi connectivity index (χ4v) is 2.98. The van der Waals surface area contributed by atoms with Crippen LogP contribution in [0.3, 0.4) is 0 Å². The molecule has 188 valence electrons. The molecule has 2 rings (SSSR count). The van der Waals surface area contributed by atoms with Crippen LogP contribution in [0.25, 0.3) is 0 Å². The molecule has 0 bridgehead atoms. The van der Waals surface area contributed by atoms with E-state index in [4.69, 9.17) is 14.0 Å². The molecule has 0 heterocycles. The van der Waals surface area contributed by atoms with E-state index in [1.807, 2.05) is 22.6 Å². The highest BCUT2D eigenvalue weighted by atomic mass is 127. The van der Waals surface area contributed by atoms with Crippen LogP contribution in [-0.4, -0.2) is 47.7 Å². The van der Waals surface area contributed by atoms with E-state index in [-0.39, 0.29) is 17.7 Å². The summed E-state index contributed by atoms with van der Waals surface area (Å²) in [6, 6.07) is 6.41. The molecule has 0 aromatic heterocycles. The molecular weight excluding hydrogens is 615 g/mol. The third-order valence-electron chi connectivity index (χ3n) is 4.02. The van der Waals surface area contributed by atoms with Crippen LogP contribution >= 0.6 is 22.6 Å². The van der Waals surface area contributed by atoms with Crippen LogP contribution in [0.1, 0.15) is 34.1 Å². The summed E-state index contributed by atoms with van der Waals surface area (Å²) >= 11 is 1.90. The minimum atomic E-state index is -5.93. The van der Waals surface area contributed by atoms with Crippen LogP contribution in [0.5, 0.6) is 11.5 Å². The maximum absolute atomic E-state index is 13.3. The molecule has 0 aliphatic heterocycles. The maximum Gasteiger partial charge on any atom is 0.402 e. The molecule has 0 amide bonds. The largest absolute Gasteiger partial charge is 0.454 e. The number of alkyl halides is 2. The maximum atomic E-state index is 13.3. The molecule has 16 heteroatoms. The molecule has 35 heavy (non-hydrogen) atoms.